The molecule has 0 saturated carbocycles. The second-order valence-corrected chi connectivity index (χ2v) is 18.7. The van der Waals surface area contributed by atoms with Crippen LogP contribution in [0.1, 0.15) is 39.3 Å². The number of nitrogens with one attached hydrogen (secondary N) is 2. The van der Waals surface area contributed by atoms with Crippen molar-refractivity contribution in [1.82, 2.24) is 30.2 Å². The van der Waals surface area contributed by atoms with Gasteiger partial charge in [-0.3, -0.25) is 32.5 Å². The van der Waals surface area contributed by atoms with Gasteiger partial charge in [0.25, 0.3) is 0 Å². The van der Waals surface area contributed by atoms with Crippen molar-refractivity contribution < 1.29 is 80.5 Å². The molecule has 2 aromatic rings. The number of ether oxygens (including phenoxy) is 1. The molecule has 2 amide bonds. The van der Waals surface area contributed by atoms with E-state index in [1.54, 1.807) is 0 Å². The van der Waals surface area contributed by atoms with E-state index in [2.05, 4.69) is 34.4 Å². The summed E-state index contributed by atoms with van der Waals surface area (Å²) in [6.07, 6.45) is 2.05. The van der Waals surface area contributed by atoms with Gasteiger partial charge in [0.1, 0.15) is 36.3 Å². The van der Waals surface area contributed by atoms with Gasteiger partial charge < -0.3 is 50.9 Å². The summed E-state index contributed by atoms with van der Waals surface area (Å²) in [5, 5.41) is 26.4. The minimum Gasteiger partial charge on any atom is -0.386 e. The van der Waals surface area contributed by atoms with Crippen LogP contribution >= 0.6 is 35.2 Å². The lowest BCUT2D eigenvalue weighted by Crippen LogP contribution is -2.46. The Balaban J connectivity index is 1.21. The lowest BCUT2D eigenvalue weighted by Gasteiger charge is -2.30. The van der Waals surface area contributed by atoms with Crippen molar-refractivity contribution in [3.63, 3.8) is 0 Å². The maximum absolute atomic E-state index is 12.7. The molecule has 1 aliphatic carbocycles. The van der Waals surface area contributed by atoms with E-state index < -0.39 is 84.6 Å². The molecule has 28 heteroatoms. The molecule has 0 aromatic carbocycles. The third-order valence-electron chi connectivity index (χ3n) is 8.26. The molecule has 3 unspecified atom stereocenters. The van der Waals surface area contributed by atoms with Crippen LogP contribution < -0.4 is 16.4 Å². The Kier molecular flexibility index (Phi) is 16.3. The molecule has 0 radical (unpaired) electrons. The van der Waals surface area contributed by atoms with Crippen LogP contribution in [0.25, 0.3) is 11.2 Å². The zero-order chi connectivity index (χ0) is 42.2. The first-order valence-electron chi connectivity index (χ1n) is 17.0. The minimum atomic E-state index is -5.57. The molecule has 10 N–H and O–H groups in total. The maximum atomic E-state index is 12.7. The predicted molar refractivity (Wildman–Crippen MR) is 198 cm³/mol. The number of fused-ring (bicyclic) bond motifs is 1. The van der Waals surface area contributed by atoms with Crippen molar-refractivity contribution in [2.24, 2.45) is 11.3 Å². The second kappa shape index (κ2) is 19.9. The molecule has 3 heterocycles. The van der Waals surface area contributed by atoms with Crippen LogP contribution in [0, 0.1) is 11.3 Å². The standard InChI is InChI=1S/C29H44N7O17P3S/c1-29(2,24(40)27(41)32-9-8-19(37)31-10-11-57-20(38)12-17-6-4-3-5-7-17)14-50-56(47,48)53-55(45,46)49-13-18-23(52-54(42,43)44)22(39)28(51-18)36-16-35-21-25(30)33-15-34-26(21)36/h3-6,15-18,22-24,28,39-40H,7-14H2,1-2H3,(H,31,37)(H,32,41)(H,45,46)(H,47,48)(H2,30,33,34)(H2,42,43,44)/t17?,18-,22-,23-,24+,28-/m1/s1. The van der Waals surface area contributed by atoms with E-state index >= 15 is 0 Å². The number of aromatic nitrogens is 4. The van der Waals surface area contributed by atoms with Crippen LogP contribution in [-0.4, -0.2) is 123 Å². The van der Waals surface area contributed by atoms with Crippen molar-refractivity contribution in [3.8, 4) is 0 Å². The average molecular weight is 888 g/mol. The lowest BCUT2D eigenvalue weighted by molar-refractivity contribution is -0.137. The van der Waals surface area contributed by atoms with Gasteiger partial charge in [-0.25, -0.2) is 28.6 Å². The van der Waals surface area contributed by atoms with Crippen LogP contribution in [0.5, 0.6) is 0 Å². The number of rotatable bonds is 21. The van der Waals surface area contributed by atoms with Crippen molar-refractivity contribution in [3.05, 3.63) is 37.0 Å². The number of nitrogen functional groups attached to an aromatic ring is 1. The van der Waals surface area contributed by atoms with E-state index in [1.807, 2.05) is 24.3 Å². The number of amides is 2. The number of aliphatic hydroxyl groups is 2. The molecule has 1 fully saturated rings. The third kappa shape index (κ3) is 14.1. The Morgan fingerprint density at radius 1 is 1.07 bits per heavy atom. The number of nitrogens with two attached hydrogens (primary N) is 1. The number of anilines is 1. The monoisotopic (exact) mass is 887 g/mol. The number of carbonyl (C=O) groups excluding carboxylic acids is 3. The summed E-state index contributed by atoms with van der Waals surface area (Å²) in [5.74, 6) is -0.929. The van der Waals surface area contributed by atoms with Crippen molar-refractivity contribution in [2.45, 2.75) is 63.8 Å². The van der Waals surface area contributed by atoms with E-state index in [9.17, 15) is 57.9 Å². The van der Waals surface area contributed by atoms with Gasteiger partial charge in [0.05, 0.1) is 19.5 Å². The highest BCUT2D eigenvalue weighted by Gasteiger charge is 2.50. The predicted octanol–water partition coefficient (Wildman–Crippen LogP) is 0.187. The first-order valence-corrected chi connectivity index (χ1v) is 22.5. The van der Waals surface area contributed by atoms with E-state index in [4.69, 9.17) is 19.5 Å². The molecular weight excluding hydrogens is 843 g/mol. The second-order valence-electron chi connectivity index (χ2n) is 13.3. The first-order chi connectivity index (χ1) is 26.6. The zero-order valence-corrected chi connectivity index (χ0v) is 33.9. The number of phosphoric ester groups is 3. The molecule has 57 heavy (non-hydrogen) atoms. The van der Waals surface area contributed by atoms with E-state index in [-0.39, 0.29) is 47.5 Å². The van der Waals surface area contributed by atoms with Gasteiger partial charge in [-0.15, -0.1) is 0 Å². The molecule has 0 spiro atoms. The summed E-state index contributed by atoms with van der Waals surface area (Å²) in [7, 11) is -16.4. The fourth-order valence-electron chi connectivity index (χ4n) is 5.35. The molecule has 24 nitrogen and oxygen atoms in total. The highest BCUT2D eigenvalue weighted by Crippen LogP contribution is 2.61. The molecule has 4 rings (SSSR count). The maximum Gasteiger partial charge on any atom is 0.481 e. The quantitative estimate of drug-likeness (QED) is 0.0596. The van der Waals surface area contributed by atoms with E-state index in [0.717, 1.165) is 35.4 Å². The molecule has 2 aromatic heterocycles. The molecule has 1 aliphatic heterocycles. The van der Waals surface area contributed by atoms with Gasteiger partial charge in [-0.05, 0) is 12.3 Å². The fraction of sp³-hybridized carbons (Fsp3) is 0.586. The van der Waals surface area contributed by atoms with Gasteiger partial charge in [-0.1, -0.05) is 49.9 Å². The number of hydrogen-bond acceptors (Lipinski definition) is 18. The average Bonchev–Trinajstić information content (AvgIpc) is 3.68. The summed E-state index contributed by atoms with van der Waals surface area (Å²) < 4.78 is 62.1. The topological polar surface area (TPSA) is 364 Å². The Labute approximate surface area is 329 Å². The van der Waals surface area contributed by atoms with Gasteiger partial charge in [0, 0.05) is 37.1 Å². The van der Waals surface area contributed by atoms with Gasteiger partial charge >= 0.3 is 23.5 Å². The molecular formula is C29H44N7O17P3S. The Bertz CT molecular complexity index is 1960. The number of aliphatic hydroxyl groups excluding tert-OH is 2. The van der Waals surface area contributed by atoms with Crippen molar-refractivity contribution >= 4 is 69.1 Å². The van der Waals surface area contributed by atoms with Crippen molar-refractivity contribution in [2.75, 3.05) is 37.8 Å². The van der Waals surface area contributed by atoms with Crippen LogP contribution in [-0.2, 0) is 50.7 Å². The molecule has 318 valence electrons. The Hall–Kier alpha value is -2.96. The Morgan fingerprint density at radius 2 is 1.79 bits per heavy atom. The highest BCUT2D eigenvalue weighted by atomic mass is 32.2. The summed E-state index contributed by atoms with van der Waals surface area (Å²) >= 11 is 1.11. The third-order valence-corrected chi connectivity index (χ3v) is 12.3. The van der Waals surface area contributed by atoms with Crippen molar-refractivity contribution in [1.29, 1.82) is 0 Å². The fourth-order valence-corrected chi connectivity index (χ4v) is 8.94. The molecule has 8 atom stereocenters. The summed E-state index contributed by atoms with van der Waals surface area (Å²) in [5.41, 5.74) is 4.26. The number of allylic oxidation sites excluding steroid dienone is 4. The number of phosphoric acid groups is 3. The molecule has 1 saturated heterocycles. The van der Waals surface area contributed by atoms with E-state index in [0.29, 0.717) is 12.2 Å². The smallest absolute Gasteiger partial charge is 0.386 e. The van der Waals surface area contributed by atoms with Gasteiger partial charge in [0.15, 0.2) is 22.8 Å². The zero-order valence-electron chi connectivity index (χ0n) is 30.4. The van der Waals surface area contributed by atoms with Gasteiger partial charge in [-0.2, -0.15) is 4.31 Å². The number of carbonyl (C=O) groups is 3. The number of nitrogens with zero attached hydrogens (tertiary/aromatic N) is 4. The highest BCUT2D eigenvalue weighted by molar-refractivity contribution is 8.13. The molecule has 2 aliphatic rings. The first kappa shape index (κ1) is 46.7. The SMILES string of the molecule is CC(C)(COP(=O)(O)OP(=O)(O)OC[C@H]1O[C@@H](n2cnc3c(N)ncnc32)[C@H](O)[C@@H]1OP(=O)(O)O)[C@@H](O)C(=O)NCCC(=O)NCCSC(=O)CC1C=CC=CC1. The summed E-state index contributed by atoms with van der Waals surface area (Å²) in [6, 6.07) is 0. The van der Waals surface area contributed by atoms with Crippen LogP contribution in [0.15, 0.2) is 37.0 Å². The number of imidazole rings is 1. The van der Waals surface area contributed by atoms with E-state index in [1.165, 1.54) is 13.8 Å². The summed E-state index contributed by atoms with van der Waals surface area (Å²) in [4.78, 5) is 87.8. The van der Waals surface area contributed by atoms with Crippen LogP contribution in [0.3, 0.4) is 0 Å². The normalized spacial score (nSPS) is 23.8. The largest absolute Gasteiger partial charge is 0.481 e. The Morgan fingerprint density at radius 3 is 2.47 bits per heavy atom. The van der Waals surface area contributed by atoms with Crippen LogP contribution in [0.2, 0.25) is 0 Å². The van der Waals surface area contributed by atoms with Gasteiger partial charge in [0.2, 0.25) is 11.8 Å². The van der Waals surface area contributed by atoms with Crippen LogP contribution in [0.4, 0.5) is 5.82 Å². The lowest BCUT2D eigenvalue weighted by atomic mass is 9.87. The number of thioether (sulfide) groups is 1. The molecule has 0 bridgehead atoms. The minimum absolute atomic E-state index is 0.00568. The number of hydrogen-bond donors (Lipinski definition) is 9. The summed E-state index contributed by atoms with van der Waals surface area (Å²) in [6.45, 7) is 0.514.